The summed E-state index contributed by atoms with van der Waals surface area (Å²) in [6.07, 6.45) is 0. The first-order valence-corrected chi connectivity index (χ1v) is 3.43. The number of carboxylic acids is 1. The maximum atomic E-state index is 12.9. The number of hydrogen-bond donors (Lipinski definition) is 3. The van der Waals surface area contributed by atoms with E-state index in [1.807, 2.05) is 0 Å². The number of phenols is 2. The fourth-order valence-electron chi connectivity index (χ4n) is 0.878. The zero-order valence-electron chi connectivity index (χ0n) is 6.69. The summed E-state index contributed by atoms with van der Waals surface area (Å²) in [5, 5.41) is 26.2. The van der Waals surface area contributed by atoms with Gasteiger partial charge in [0.25, 0.3) is 5.78 Å². The maximum Gasteiger partial charge on any atom is 0.377 e. The average molecular weight is 200 g/mol. The SMILES string of the molecule is O=C(O)C(=O)c1c(F)ccc(O)c1O. The lowest BCUT2D eigenvalue weighted by Gasteiger charge is -2.03. The van der Waals surface area contributed by atoms with E-state index in [2.05, 4.69) is 0 Å². The number of ketones is 1. The number of aromatic hydroxyl groups is 2. The summed E-state index contributed by atoms with van der Waals surface area (Å²) in [7, 11) is 0. The molecule has 0 radical (unpaired) electrons. The van der Waals surface area contributed by atoms with Gasteiger partial charge in [-0.2, -0.15) is 0 Å². The third kappa shape index (κ3) is 1.49. The molecule has 0 saturated heterocycles. The molecule has 1 rings (SSSR count). The molecule has 0 amide bonds. The molecule has 0 unspecified atom stereocenters. The van der Waals surface area contributed by atoms with Crippen LogP contribution in [0, 0.1) is 5.82 Å². The molecule has 0 fully saturated rings. The topological polar surface area (TPSA) is 94.8 Å². The van der Waals surface area contributed by atoms with E-state index >= 15 is 0 Å². The molecule has 0 aliphatic heterocycles. The second kappa shape index (κ2) is 3.33. The van der Waals surface area contributed by atoms with Crippen molar-refractivity contribution in [3.05, 3.63) is 23.5 Å². The molecule has 14 heavy (non-hydrogen) atoms. The monoisotopic (exact) mass is 200 g/mol. The minimum absolute atomic E-state index is 0.686. The lowest BCUT2D eigenvalue weighted by molar-refractivity contribution is -0.131. The van der Waals surface area contributed by atoms with Crippen LogP contribution in [0.15, 0.2) is 12.1 Å². The molecule has 5 nitrogen and oxygen atoms in total. The number of carboxylic acid groups (broad SMARTS) is 1. The first-order chi connectivity index (χ1) is 6.45. The molecule has 0 aromatic heterocycles. The zero-order valence-corrected chi connectivity index (χ0v) is 6.69. The van der Waals surface area contributed by atoms with Crippen LogP contribution in [0.2, 0.25) is 0 Å². The fourth-order valence-corrected chi connectivity index (χ4v) is 0.878. The number of halogens is 1. The molecule has 6 heteroatoms. The van der Waals surface area contributed by atoms with Crippen molar-refractivity contribution in [1.29, 1.82) is 0 Å². The van der Waals surface area contributed by atoms with Gasteiger partial charge in [-0.15, -0.1) is 0 Å². The summed E-state index contributed by atoms with van der Waals surface area (Å²) in [4.78, 5) is 21.0. The molecule has 0 heterocycles. The third-order valence-corrected chi connectivity index (χ3v) is 1.53. The van der Waals surface area contributed by atoms with Crippen molar-refractivity contribution >= 4 is 11.8 Å². The van der Waals surface area contributed by atoms with Gasteiger partial charge >= 0.3 is 5.97 Å². The predicted molar refractivity (Wildman–Crippen MR) is 41.7 cm³/mol. The molecular formula is C8H5FO5. The lowest BCUT2D eigenvalue weighted by Crippen LogP contribution is -2.14. The molecule has 0 atom stereocenters. The molecule has 1 aromatic rings. The second-order valence-electron chi connectivity index (χ2n) is 2.42. The molecule has 0 aliphatic carbocycles. The molecule has 1 aromatic carbocycles. The van der Waals surface area contributed by atoms with Crippen LogP contribution in [0.3, 0.4) is 0 Å². The van der Waals surface area contributed by atoms with E-state index in [9.17, 15) is 14.0 Å². The normalized spacial score (nSPS) is 9.79. The first kappa shape index (κ1) is 9.97. The smallest absolute Gasteiger partial charge is 0.377 e. The van der Waals surface area contributed by atoms with E-state index in [1.165, 1.54) is 0 Å². The van der Waals surface area contributed by atoms with E-state index in [-0.39, 0.29) is 0 Å². The summed E-state index contributed by atoms with van der Waals surface area (Å²) in [5.74, 6) is -6.55. The van der Waals surface area contributed by atoms with Crippen molar-refractivity contribution in [2.24, 2.45) is 0 Å². The van der Waals surface area contributed by atoms with E-state index in [4.69, 9.17) is 15.3 Å². The Kier molecular flexibility index (Phi) is 2.37. The highest BCUT2D eigenvalue weighted by Gasteiger charge is 2.24. The Hall–Kier alpha value is -2.11. The number of Topliss-reactive ketones (excluding diaryl/α,β-unsaturated/α-hetero) is 1. The van der Waals surface area contributed by atoms with Gasteiger partial charge in [0, 0.05) is 0 Å². The van der Waals surface area contributed by atoms with Gasteiger partial charge in [0.1, 0.15) is 11.4 Å². The second-order valence-corrected chi connectivity index (χ2v) is 2.42. The minimum atomic E-state index is -1.91. The van der Waals surface area contributed by atoms with Crippen LogP contribution in [0.1, 0.15) is 10.4 Å². The lowest BCUT2D eigenvalue weighted by atomic mass is 10.1. The highest BCUT2D eigenvalue weighted by Crippen LogP contribution is 2.30. The highest BCUT2D eigenvalue weighted by molar-refractivity contribution is 6.40. The Morgan fingerprint density at radius 3 is 2.29 bits per heavy atom. The number of benzene rings is 1. The van der Waals surface area contributed by atoms with Crippen molar-refractivity contribution in [1.82, 2.24) is 0 Å². The molecule has 0 aliphatic rings. The largest absolute Gasteiger partial charge is 0.504 e. The fraction of sp³-hybridized carbons (Fsp3) is 0. The molecule has 0 saturated carbocycles. The average Bonchev–Trinajstić information content (AvgIpc) is 2.12. The molecular weight excluding hydrogens is 195 g/mol. The van der Waals surface area contributed by atoms with Gasteiger partial charge in [0.05, 0.1) is 0 Å². The van der Waals surface area contributed by atoms with Crippen LogP contribution in [0.4, 0.5) is 4.39 Å². The van der Waals surface area contributed by atoms with Gasteiger partial charge < -0.3 is 15.3 Å². The van der Waals surface area contributed by atoms with Gasteiger partial charge in [-0.25, -0.2) is 9.18 Å². The first-order valence-electron chi connectivity index (χ1n) is 3.43. The van der Waals surface area contributed by atoms with E-state index in [0.29, 0.717) is 6.07 Å². The van der Waals surface area contributed by atoms with Crippen molar-refractivity contribution in [2.45, 2.75) is 0 Å². The Labute approximate surface area is 77.0 Å². The molecule has 74 valence electrons. The van der Waals surface area contributed by atoms with Gasteiger partial charge in [0.15, 0.2) is 11.5 Å². The van der Waals surface area contributed by atoms with Crippen LogP contribution >= 0.6 is 0 Å². The molecule has 0 bridgehead atoms. The number of carbonyl (C=O) groups is 2. The predicted octanol–water partition coefficient (Wildman–Crippen LogP) is 0.504. The molecule has 0 spiro atoms. The van der Waals surface area contributed by atoms with E-state index in [0.717, 1.165) is 6.07 Å². The van der Waals surface area contributed by atoms with Crippen molar-refractivity contribution in [2.75, 3.05) is 0 Å². The third-order valence-electron chi connectivity index (χ3n) is 1.53. The highest BCUT2D eigenvalue weighted by atomic mass is 19.1. The van der Waals surface area contributed by atoms with Crippen LogP contribution in [0.5, 0.6) is 11.5 Å². The van der Waals surface area contributed by atoms with Crippen LogP contribution in [0.25, 0.3) is 0 Å². The van der Waals surface area contributed by atoms with Gasteiger partial charge in [-0.05, 0) is 12.1 Å². The van der Waals surface area contributed by atoms with Crippen molar-refractivity contribution in [3.8, 4) is 11.5 Å². The Morgan fingerprint density at radius 1 is 1.21 bits per heavy atom. The summed E-state index contributed by atoms with van der Waals surface area (Å²) < 4.78 is 12.9. The van der Waals surface area contributed by atoms with Crippen LogP contribution in [-0.2, 0) is 4.79 Å². The van der Waals surface area contributed by atoms with Gasteiger partial charge in [-0.3, -0.25) is 4.79 Å². The number of rotatable bonds is 2. The Bertz CT molecular complexity index is 412. The quantitative estimate of drug-likeness (QED) is 0.367. The molecule has 3 N–H and O–H groups in total. The zero-order chi connectivity index (χ0) is 10.9. The summed E-state index contributed by atoms with van der Waals surface area (Å²) >= 11 is 0. The number of carbonyl (C=O) groups excluding carboxylic acids is 1. The Balaban J connectivity index is 3.40. The van der Waals surface area contributed by atoms with Crippen LogP contribution in [-0.4, -0.2) is 27.1 Å². The number of hydrogen-bond acceptors (Lipinski definition) is 4. The maximum absolute atomic E-state index is 12.9. The van der Waals surface area contributed by atoms with Crippen LogP contribution < -0.4 is 0 Å². The standard InChI is InChI=1S/C8H5FO5/c9-3-1-2-4(10)6(11)5(3)7(12)8(13)14/h1-2,10-11H,(H,13,14). The summed E-state index contributed by atoms with van der Waals surface area (Å²) in [5.41, 5.74) is -1.04. The summed E-state index contributed by atoms with van der Waals surface area (Å²) in [6.45, 7) is 0. The van der Waals surface area contributed by atoms with Crippen molar-refractivity contribution in [3.63, 3.8) is 0 Å². The Morgan fingerprint density at radius 2 is 1.79 bits per heavy atom. The van der Waals surface area contributed by atoms with Crippen molar-refractivity contribution < 1.29 is 29.3 Å². The van der Waals surface area contributed by atoms with Gasteiger partial charge in [-0.1, -0.05) is 0 Å². The van der Waals surface area contributed by atoms with E-state index in [1.54, 1.807) is 0 Å². The minimum Gasteiger partial charge on any atom is -0.504 e. The summed E-state index contributed by atoms with van der Waals surface area (Å²) in [6, 6.07) is 1.49. The van der Waals surface area contributed by atoms with Gasteiger partial charge in [0.2, 0.25) is 0 Å². The number of phenolic OH excluding ortho intramolecular Hbond substituents is 2. The number of aliphatic carboxylic acids is 1. The van der Waals surface area contributed by atoms with E-state index < -0.39 is 34.6 Å².